The highest BCUT2D eigenvalue weighted by atomic mass is 19.4. The lowest BCUT2D eigenvalue weighted by Crippen LogP contribution is -2.14. The Labute approximate surface area is 206 Å². The monoisotopic (exact) mass is 494 g/mol. The summed E-state index contributed by atoms with van der Waals surface area (Å²) in [4.78, 5) is 16.3. The summed E-state index contributed by atoms with van der Waals surface area (Å²) in [5.41, 5.74) is 1.90. The Hall–Kier alpha value is -3.81. The average molecular weight is 495 g/mol. The summed E-state index contributed by atoms with van der Waals surface area (Å²) in [5, 5.41) is 9.40. The van der Waals surface area contributed by atoms with E-state index in [0.29, 0.717) is 11.3 Å². The zero-order chi connectivity index (χ0) is 25.3. The highest BCUT2D eigenvalue weighted by molar-refractivity contribution is 5.93. The molecule has 0 amide bonds. The fraction of sp³-hybridized carbons (Fsp3) is 0.286. The van der Waals surface area contributed by atoms with Crippen molar-refractivity contribution >= 4 is 17.0 Å². The molecule has 1 heterocycles. The lowest BCUT2D eigenvalue weighted by Gasteiger charge is -2.25. The van der Waals surface area contributed by atoms with Gasteiger partial charge in [-0.15, -0.1) is 0 Å². The molecule has 1 aromatic heterocycles. The van der Waals surface area contributed by atoms with Crippen molar-refractivity contribution in [1.82, 2.24) is 9.55 Å². The number of alkyl halides is 3. The first kappa shape index (κ1) is 23.9. The minimum atomic E-state index is -4.44. The van der Waals surface area contributed by atoms with Crippen molar-refractivity contribution in [2.24, 2.45) is 0 Å². The van der Waals surface area contributed by atoms with E-state index in [1.54, 1.807) is 30.3 Å². The maximum absolute atomic E-state index is 13.3. The Morgan fingerprint density at radius 1 is 1.00 bits per heavy atom. The zero-order valence-electron chi connectivity index (χ0n) is 19.5. The number of nitrogens with zero attached hydrogens (tertiary/aromatic N) is 2. The maximum Gasteiger partial charge on any atom is 0.416 e. The van der Waals surface area contributed by atoms with Crippen LogP contribution in [0.5, 0.6) is 5.75 Å². The van der Waals surface area contributed by atoms with E-state index < -0.39 is 17.7 Å². The van der Waals surface area contributed by atoms with Crippen LogP contribution in [0.1, 0.15) is 59.6 Å². The summed E-state index contributed by atoms with van der Waals surface area (Å²) in [7, 11) is 0. The van der Waals surface area contributed by atoms with Crippen molar-refractivity contribution in [3.8, 4) is 17.1 Å². The summed E-state index contributed by atoms with van der Waals surface area (Å²) in [6, 6.07) is 17.8. The molecule has 186 valence electrons. The van der Waals surface area contributed by atoms with Crippen molar-refractivity contribution in [2.75, 3.05) is 0 Å². The summed E-state index contributed by atoms with van der Waals surface area (Å²) >= 11 is 0. The number of hydrogen-bond donors (Lipinski definition) is 1. The lowest BCUT2D eigenvalue weighted by molar-refractivity contribution is -0.138. The molecule has 1 fully saturated rings. The largest absolute Gasteiger partial charge is 0.489 e. The molecular formula is C28H25F3N2O3. The van der Waals surface area contributed by atoms with E-state index in [4.69, 9.17) is 9.72 Å². The highest BCUT2D eigenvalue weighted by Crippen LogP contribution is 2.37. The Balaban J connectivity index is 1.45. The Morgan fingerprint density at radius 2 is 1.72 bits per heavy atom. The van der Waals surface area contributed by atoms with Gasteiger partial charge in [-0.1, -0.05) is 37.5 Å². The van der Waals surface area contributed by atoms with Crippen LogP contribution in [0.15, 0.2) is 66.7 Å². The summed E-state index contributed by atoms with van der Waals surface area (Å²) in [6.07, 6.45) is 1.07. The SMILES string of the molecule is O=C(O)c1ccc2c(c1)nc(-c1ccc(OCc3ccccc3C(F)(F)F)cc1)n2C1CCCCC1. The number of hydrogen-bond acceptors (Lipinski definition) is 3. The van der Waals surface area contributed by atoms with Crippen molar-refractivity contribution in [2.45, 2.75) is 50.9 Å². The fourth-order valence-electron chi connectivity index (χ4n) is 4.93. The molecule has 1 N–H and O–H groups in total. The van der Waals surface area contributed by atoms with E-state index in [-0.39, 0.29) is 23.8 Å². The van der Waals surface area contributed by atoms with Gasteiger partial charge in [0, 0.05) is 17.2 Å². The molecule has 36 heavy (non-hydrogen) atoms. The normalized spacial score (nSPS) is 14.8. The minimum Gasteiger partial charge on any atom is -0.489 e. The molecule has 0 saturated heterocycles. The van der Waals surface area contributed by atoms with Gasteiger partial charge in [-0.3, -0.25) is 0 Å². The molecule has 0 atom stereocenters. The van der Waals surface area contributed by atoms with Crippen molar-refractivity contribution in [3.05, 3.63) is 83.4 Å². The standard InChI is InChI=1S/C28H25F3N2O3/c29-28(30,31)23-9-5-4-6-20(23)17-36-22-13-10-18(11-14-22)26-32-24-16-19(27(34)35)12-15-25(24)33(26)21-7-2-1-3-8-21/h4-6,9-16,21H,1-3,7-8,17H2,(H,34,35). The van der Waals surface area contributed by atoms with Gasteiger partial charge in [-0.05, 0) is 61.4 Å². The molecule has 0 spiro atoms. The topological polar surface area (TPSA) is 64.3 Å². The van der Waals surface area contributed by atoms with Crippen molar-refractivity contribution in [1.29, 1.82) is 0 Å². The molecule has 0 radical (unpaired) electrons. The van der Waals surface area contributed by atoms with Crippen LogP contribution in [0.2, 0.25) is 0 Å². The Bertz CT molecular complexity index is 1390. The first-order chi connectivity index (χ1) is 17.3. The van der Waals surface area contributed by atoms with Gasteiger partial charge in [-0.25, -0.2) is 9.78 Å². The first-order valence-corrected chi connectivity index (χ1v) is 11.9. The molecular weight excluding hydrogens is 469 g/mol. The van der Waals surface area contributed by atoms with Crippen LogP contribution in [-0.2, 0) is 12.8 Å². The number of aromatic carboxylic acids is 1. The highest BCUT2D eigenvalue weighted by Gasteiger charge is 2.33. The predicted molar refractivity (Wildman–Crippen MR) is 130 cm³/mol. The number of aromatic nitrogens is 2. The molecule has 1 aliphatic carbocycles. The number of ether oxygens (including phenoxy) is 1. The molecule has 0 bridgehead atoms. The van der Waals surface area contributed by atoms with Crippen LogP contribution in [0.3, 0.4) is 0 Å². The molecule has 8 heteroatoms. The van der Waals surface area contributed by atoms with E-state index in [2.05, 4.69) is 4.57 Å². The van der Waals surface area contributed by atoms with Gasteiger partial charge in [-0.2, -0.15) is 13.2 Å². The van der Waals surface area contributed by atoms with Crippen LogP contribution >= 0.6 is 0 Å². The van der Waals surface area contributed by atoms with Crippen LogP contribution in [-0.4, -0.2) is 20.6 Å². The van der Waals surface area contributed by atoms with Gasteiger partial charge in [0.15, 0.2) is 0 Å². The number of rotatable bonds is 6. The Kier molecular flexibility index (Phi) is 6.43. The Morgan fingerprint density at radius 3 is 2.42 bits per heavy atom. The number of benzene rings is 3. The smallest absolute Gasteiger partial charge is 0.416 e. The molecule has 5 rings (SSSR count). The van der Waals surface area contributed by atoms with Crippen molar-refractivity contribution < 1.29 is 27.8 Å². The summed E-state index contributed by atoms with van der Waals surface area (Å²) < 4.78 is 47.7. The van der Waals surface area contributed by atoms with Gasteiger partial charge >= 0.3 is 12.1 Å². The van der Waals surface area contributed by atoms with E-state index in [9.17, 15) is 23.1 Å². The van der Waals surface area contributed by atoms with E-state index >= 15 is 0 Å². The number of halogens is 3. The second kappa shape index (κ2) is 9.68. The molecule has 0 unspecified atom stereocenters. The molecule has 3 aromatic carbocycles. The number of carboxylic acid groups (broad SMARTS) is 1. The van der Waals surface area contributed by atoms with Crippen LogP contribution < -0.4 is 4.74 Å². The quantitative estimate of drug-likeness (QED) is 0.301. The molecule has 0 aliphatic heterocycles. The van der Waals surface area contributed by atoms with Crippen LogP contribution in [0.4, 0.5) is 13.2 Å². The van der Waals surface area contributed by atoms with Crippen LogP contribution in [0.25, 0.3) is 22.4 Å². The van der Waals surface area contributed by atoms with Crippen LogP contribution in [0, 0.1) is 0 Å². The van der Waals surface area contributed by atoms with Gasteiger partial charge in [0.05, 0.1) is 22.2 Å². The average Bonchev–Trinajstić information content (AvgIpc) is 3.26. The third-order valence-corrected chi connectivity index (χ3v) is 6.71. The van der Waals surface area contributed by atoms with E-state index in [1.165, 1.54) is 18.6 Å². The van der Waals surface area contributed by atoms with Crippen molar-refractivity contribution in [3.63, 3.8) is 0 Å². The third kappa shape index (κ3) is 4.80. The summed E-state index contributed by atoms with van der Waals surface area (Å²) in [5.74, 6) is 0.192. The van der Waals surface area contributed by atoms with Gasteiger partial charge in [0.1, 0.15) is 18.2 Å². The molecule has 1 aliphatic rings. The fourth-order valence-corrected chi connectivity index (χ4v) is 4.93. The lowest BCUT2D eigenvalue weighted by atomic mass is 9.95. The number of carbonyl (C=O) groups is 1. The first-order valence-electron chi connectivity index (χ1n) is 11.9. The van der Waals surface area contributed by atoms with Gasteiger partial charge in [0.25, 0.3) is 0 Å². The maximum atomic E-state index is 13.3. The number of imidazole rings is 1. The molecule has 1 saturated carbocycles. The second-order valence-electron chi connectivity index (χ2n) is 9.07. The second-order valence-corrected chi connectivity index (χ2v) is 9.07. The number of fused-ring (bicyclic) bond motifs is 1. The predicted octanol–water partition coefficient (Wildman–Crippen LogP) is 7.50. The number of carboxylic acids is 1. The van der Waals surface area contributed by atoms with Gasteiger partial charge in [0.2, 0.25) is 0 Å². The van der Waals surface area contributed by atoms with E-state index in [0.717, 1.165) is 48.7 Å². The van der Waals surface area contributed by atoms with E-state index in [1.807, 2.05) is 18.2 Å². The summed E-state index contributed by atoms with van der Waals surface area (Å²) in [6.45, 7) is -0.201. The zero-order valence-corrected chi connectivity index (χ0v) is 19.5. The molecule has 5 nitrogen and oxygen atoms in total. The third-order valence-electron chi connectivity index (χ3n) is 6.71. The molecule has 4 aromatic rings. The van der Waals surface area contributed by atoms with Gasteiger partial charge < -0.3 is 14.4 Å². The minimum absolute atomic E-state index is 0.0717.